The van der Waals surface area contributed by atoms with Gasteiger partial charge in [-0.15, -0.1) is 0 Å². The zero-order valence-corrected chi connectivity index (χ0v) is 41.2. The van der Waals surface area contributed by atoms with Gasteiger partial charge < -0.3 is 14.5 Å². The van der Waals surface area contributed by atoms with Crippen molar-refractivity contribution < 1.29 is 4.74 Å². The molecule has 0 saturated carbocycles. The molecule has 0 saturated heterocycles. The number of hydrogen-bond acceptors (Lipinski definition) is 12. The van der Waals surface area contributed by atoms with Crippen LogP contribution in [0.15, 0.2) is 253 Å². The van der Waals surface area contributed by atoms with Crippen LogP contribution in [-0.2, 0) is 0 Å². The number of fused-ring (bicyclic) bond motifs is 4. The molecule has 0 aliphatic carbocycles. The average Bonchev–Trinajstić information content (AvgIpc) is 3.56. The van der Waals surface area contributed by atoms with Crippen LogP contribution in [0.1, 0.15) is 0 Å². The third-order valence-electron chi connectivity index (χ3n) is 13.2. The first-order valence-electron chi connectivity index (χ1n) is 24.7. The maximum atomic E-state index is 6.58. The first-order valence-corrected chi connectivity index (χ1v) is 25.5. The van der Waals surface area contributed by atoms with E-state index in [1.807, 2.05) is 109 Å². The molecule has 0 atom stereocenters. The zero-order valence-electron chi connectivity index (χ0n) is 40.4. The molecule has 0 amide bonds. The van der Waals surface area contributed by atoms with Gasteiger partial charge >= 0.3 is 0 Å². The van der Waals surface area contributed by atoms with E-state index in [2.05, 4.69) is 119 Å². The minimum Gasteiger partial charge on any atom is -0.453 e. The van der Waals surface area contributed by atoms with E-state index in [0.29, 0.717) is 57.2 Å². The number of ether oxygens (including phenoxy) is 1. The summed E-state index contributed by atoms with van der Waals surface area (Å²) in [4.78, 5) is 46.6. The van der Waals surface area contributed by atoms with Crippen LogP contribution in [0.4, 0.5) is 34.1 Å². The average molecular weight is 997 g/mol. The molecule has 6 aromatic carbocycles. The van der Waals surface area contributed by atoms with E-state index in [4.69, 9.17) is 44.6 Å². The summed E-state index contributed by atoms with van der Waals surface area (Å²) in [6.45, 7) is 0. The normalized spacial score (nSPS) is 12.2. The first kappa shape index (κ1) is 44.5. The van der Waals surface area contributed by atoms with Gasteiger partial charge in [0, 0.05) is 57.1 Å². The summed E-state index contributed by atoms with van der Waals surface area (Å²) in [5.41, 5.74) is 14.8. The zero-order chi connectivity index (χ0) is 50.4. The number of hydrogen-bond donors (Lipinski definition) is 0. The first-order chi connectivity index (χ1) is 37.6. The Morgan fingerprint density at radius 3 is 1.12 bits per heavy atom. The molecule has 11 nitrogen and oxygen atoms in total. The molecule has 8 heterocycles. The molecule has 2 aliphatic rings. The third kappa shape index (κ3) is 8.34. The van der Waals surface area contributed by atoms with Crippen LogP contribution in [0.5, 0.6) is 11.5 Å². The Morgan fingerprint density at radius 1 is 0.289 bits per heavy atom. The largest absolute Gasteiger partial charge is 0.453 e. The van der Waals surface area contributed by atoms with Crippen molar-refractivity contribution in [2.75, 3.05) is 9.80 Å². The lowest BCUT2D eigenvalue weighted by Gasteiger charge is -2.36. The third-order valence-corrected chi connectivity index (χ3v) is 14.4. The second kappa shape index (κ2) is 19.0. The number of rotatable bonds is 9. The summed E-state index contributed by atoms with van der Waals surface area (Å²) < 4.78 is 6.58. The number of benzene rings is 6. The van der Waals surface area contributed by atoms with Crippen LogP contribution in [0.25, 0.3) is 79.5 Å². The van der Waals surface area contributed by atoms with E-state index < -0.39 is 0 Å². The van der Waals surface area contributed by atoms with E-state index in [1.165, 1.54) is 0 Å². The number of para-hydroxylation sites is 6. The second-order valence-electron chi connectivity index (χ2n) is 18.1. The highest BCUT2D eigenvalue weighted by atomic mass is 32.2. The van der Waals surface area contributed by atoms with Crippen LogP contribution in [0.2, 0.25) is 0 Å². The quantitative estimate of drug-likeness (QED) is 0.137. The Morgan fingerprint density at radius 2 is 0.658 bits per heavy atom. The molecule has 358 valence electrons. The van der Waals surface area contributed by atoms with Crippen LogP contribution in [-0.4, -0.2) is 39.9 Å². The Hall–Kier alpha value is -10.2. The van der Waals surface area contributed by atoms with Crippen molar-refractivity contribution in [1.82, 2.24) is 39.9 Å². The molecule has 76 heavy (non-hydrogen) atoms. The Labute approximate surface area is 442 Å². The van der Waals surface area contributed by atoms with Crippen molar-refractivity contribution >= 4 is 45.9 Å². The summed E-state index contributed by atoms with van der Waals surface area (Å²) in [6.07, 6.45) is 7.06. The molecule has 0 unspecified atom stereocenters. The molecule has 2 aliphatic heterocycles. The van der Waals surface area contributed by atoms with Crippen molar-refractivity contribution in [2.24, 2.45) is 0 Å². The Kier molecular flexibility index (Phi) is 11.1. The van der Waals surface area contributed by atoms with E-state index in [1.54, 1.807) is 36.5 Å². The van der Waals surface area contributed by atoms with E-state index in [0.717, 1.165) is 77.7 Å². The Balaban J connectivity index is 1.06. The highest BCUT2D eigenvalue weighted by molar-refractivity contribution is 7.99. The van der Waals surface area contributed by atoms with Crippen molar-refractivity contribution in [3.63, 3.8) is 0 Å². The summed E-state index contributed by atoms with van der Waals surface area (Å²) >= 11 is 1.78. The van der Waals surface area contributed by atoms with Crippen molar-refractivity contribution in [3.8, 4) is 91.0 Å². The van der Waals surface area contributed by atoms with Crippen LogP contribution < -0.4 is 14.5 Å². The number of aromatic nitrogens is 8. The van der Waals surface area contributed by atoms with Gasteiger partial charge in [0.1, 0.15) is 11.4 Å². The predicted octanol–water partition coefficient (Wildman–Crippen LogP) is 16.0. The fraction of sp³-hybridized carbons (Fsp3) is 0. The van der Waals surface area contributed by atoms with Gasteiger partial charge in [0.15, 0.2) is 23.1 Å². The minimum absolute atomic E-state index is 0.469. The summed E-state index contributed by atoms with van der Waals surface area (Å²) in [7, 11) is 0. The fourth-order valence-electron chi connectivity index (χ4n) is 9.78. The summed E-state index contributed by atoms with van der Waals surface area (Å²) in [6, 6.07) is 74.1. The molecule has 12 aromatic rings. The lowest BCUT2D eigenvalue weighted by Crippen LogP contribution is -2.18. The highest BCUT2D eigenvalue weighted by Gasteiger charge is 2.30. The van der Waals surface area contributed by atoms with Crippen LogP contribution in [0.3, 0.4) is 0 Å². The molecule has 12 heteroatoms. The van der Waals surface area contributed by atoms with E-state index >= 15 is 0 Å². The predicted molar refractivity (Wildman–Crippen MR) is 300 cm³/mol. The lowest BCUT2D eigenvalue weighted by molar-refractivity contribution is 0.477. The molecule has 0 spiro atoms. The molecule has 0 fully saturated rings. The smallest absolute Gasteiger partial charge is 0.179 e. The van der Waals surface area contributed by atoms with Crippen molar-refractivity contribution in [3.05, 3.63) is 243 Å². The minimum atomic E-state index is 0.469. The lowest BCUT2D eigenvalue weighted by atomic mass is 9.94. The molecule has 0 N–H and O–H groups in total. The van der Waals surface area contributed by atoms with Gasteiger partial charge in [-0.3, -0.25) is 19.9 Å². The SMILES string of the molecule is c1ccc(-c2cc(-c3cc(-c4cc(N5c6ccccc6Oc6ccccc65)cc(N5c6ccccc6Sc6ccccc65)c4)cc(-c4cc(-c5ccccn5)nc(-c5ccccn5)n4)c3)nc(-c3ccccn3)n2)nc1. The van der Waals surface area contributed by atoms with Gasteiger partial charge in [-0.25, -0.2) is 19.9 Å². The van der Waals surface area contributed by atoms with Gasteiger partial charge in [0.05, 0.1) is 56.9 Å². The second-order valence-corrected chi connectivity index (χ2v) is 19.2. The monoisotopic (exact) mass is 996 g/mol. The molecular formula is C64H40N10OS. The van der Waals surface area contributed by atoms with Crippen LogP contribution >= 0.6 is 11.8 Å². The van der Waals surface area contributed by atoms with E-state index in [9.17, 15) is 0 Å². The van der Waals surface area contributed by atoms with Gasteiger partial charge in [0.2, 0.25) is 0 Å². The fourth-order valence-corrected chi connectivity index (χ4v) is 10.8. The van der Waals surface area contributed by atoms with Gasteiger partial charge in [0.25, 0.3) is 0 Å². The molecular weight excluding hydrogens is 957 g/mol. The number of anilines is 6. The van der Waals surface area contributed by atoms with Gasteiger partial charge in [-0.05, 0) is 157 Å². The molecule has 14 rings (SSSR count). The standard InChI is InChI=1S/C64H40N10OS/c1-5-25-59-55(21-1)73(56-22-2-6-26-60(56)75-59)45-36-42(37-46(38-45)74-57-23-3-7-27-61(57)76-62-28-8-4-24-58(62)74)41-33-43(51-39-53(47-17-9-13-29-65-47)71-63(69-51)49-19-11-15-31-67-49)35-44(34-41)52-40-54(48-18-10-14-30-66-48)72-64(70-52)50-20-12-16-32-68-50/h1-40H. The van der Waals surface area contributed by atoms with E-state index in [-0.39, 0.29) is 0 Å². The maximum Gasteiger partial charge on any atom is 0.179 e. The molecule has 6 aromatic heterocycles. The maximum absolute atomic E-state index is 6.58. The molecule has 0 radical (unpaired) electrons. The summed E-state index contributed by atoms with van der Waals surface area (Å²) in [5.74, 6) is 2.46. The van der Waals surface area contributed by atoms with Crippen molar-refractivity contribution in [1.29, 1.82) is 0 Å². The van der Waals surface area contributed by atoms with Crippen molar-refractivity contribution in [2.45, 2.75) is 9.79 Å². The number of nitrogens with zero attached hydrogens (tertiary/aromatic N) is 10. The Bertz CT molecular complexity index is 3680. The molecule has 0 bridgehead atoms. The summed E-state index contributed by atoms with van der Waals surface area (Å²) in [5, 5.41) is 0. The topological polar surface area (TPSA) is 119 Å². The highest BCUT2D eigenvalue weighted by Crippen LogP contribution is 2.55. The van der Waals surface area contributed by atoms with Crippen LogP contribution in [0, 0.1) is 0 Å². The number of pyridine rings is 4. The van der Waals surface area contributed by atoms with Gasteiger partial charge in [-0.1, -0.05) is 84.6 Å². The van der Waals surface area contributed by atoms with Gasteiger partial charge in [-0.2, -0.15) is 0 Å².